The summed E-state index contributed by atoms with van der Waals surface area (Å²) in [6, 6.07) is 2.22. The second-order valence-electron chi connectivity index (χ2n) is 4.32. The summed E-state index contributed by atoms with van der Waals surface area (Å²) in [7, 11) is 0. The average Bonchev–Trinajstić information content (AvgIpc) is 2.62. The molecule has 1 heterocycles. The van der Waals surface area contributed by atoms with E-state index in [9.17, 15) is 0 Å². The fourth-order valence-electron chi connectivity index (χ4n) is 2.08. The standard InChI is InChI=1S/C13H17N3/c1-7-5-8(2)10(4)12(9(7)3)11-6-15-13(14)16-11/h5-6H,1-4H3,(H3,14,15,16). The van der Waals surface area contributed by atoms with Gasteiger partial charge in [-0.25, -0.2) is 4.98 Å². The molecule has 0 bridgehead atoms. The van der Waals surface area contributed by atoms with Crippen LogP contribution < -0.4 is 5.73 Å². The van der Waals surface area contributed by atoms with Crippen LogP contribution >= 0.6 is 0 Å². The Morgan fingerprint density at radius 3 is 2.06 bits per heavy atom. The van der Waals surface area contributed by atoms with E-state index in [1.807, 2.05) is 0 Å². The summed E-state index contributed by atoms with van der Waals surface area (Å²) in [5, 5.41) is 0. The summed E-state index contributed by atoms with van der Waals surface area (Å²) in [6.07, 6.45) is 1.80. The Kier molecular flexibility index (Phi) is 2.46. The van der Waals surface area contributed by atoms with Crippen LogP contribution in [-0.4, -0.2) is 9.97 Å². The normalized spacial score (nSPS) is 10.8. The highest BCUT2D eigenvalue weighted by Crippen LogP contribution is 2.30. The third kappa shape index (κ3) is 1.58. The molecule has 1 aromatic carbocycles. The van der Waals surface area contributed by atoms with Crippen molar-refractivity contribution in [2.45, 2.75) is 27.7 Å². The monoisotopic (exact) mass is 215 g/mol. The Labute approximate surface area is 95.7 Å². The van der Waals surface area contributed by atoms with Crippen molar-refractivity contribution in [2.75, 3.05) is 5.73 Å². The van der Waals surface area contributed by atoms with E-state index in [1.54, 1.807) is 6.20 Å². The quantitative estimate of drug-likeness (QED) is 0.768. The fraction of sp³-hybridized carbons (Fsp3) is 0.308. The van der Waals surface area contributed by atoms with E-state index in [0.29, 0.717) is 5.95 Å². The first kappa shape index (κ1) is 10.7. The number of nitrogen functional groups attached to an aromatic ring is 1. The number of nitrogens with zero attached hydrogens (tertiary/aromatic N) is 1. The number of H-pyrrole nitrogens is 1. The van der Waals surface area contributed by atoms with Crippen LogP contribution in [0.4, 0.5) is 5.95 Å². The molecule has 0 atom stereocenters. The van der Waals surface area contributed by atoms with Crippen molar-refractivity contribution in [3.8, 4) is 11.3 Å². The van der Waals surface area contributed by atoms with E-state index in [1.165, 1.54) is 27.8 Å². The molecule has 0 saturated carbocycles. The maximum Gasteiger partial charge on any atom is 0.197 e. The Morgan fingerprint density at radius 2 is 1.62 bits per heavy atom. The Morgan fingerprint density at radius 1 is 1.06 bits per heavy atom. The lowest BCUT2D eigenvalue weighted by atomic mass is 9.93. The van der Waals surface area contributed by atoms with Gasteiger partial charge in [-0.1, -0.05) is 6.07 Å². The highest BCUT2D eigenvalue weighted by Gasteiger charge is 2.11. The molecular weight excluding hydrogens is 198 g/mol. The summed E-state index contributed by atoms with van der Waals surface area (Å²) in [5.41, 5.74) is 13.0. The van der Waals surface area contributed by atoms with Crippen molar-refractivity contribution in [1.82, 2.24) is 9.97 Å². The van der Waals surface area contributed by atoms with Crippen molar-refractivity contribution in [3.05, 3.63) is 34.5 Å². The number of anilines is 1. The van der Waals surface area contributed by atoms with Crippen molar-refractivity contribution < 1.29 is 0 Å². The Hall–Kier alpha value is -1.77. The van der Waals surface area contributed by atoms with Crippen LogP contribution in [-0.2, 0) is 0 Å². The number of benzene rings is 1. The van der Waals surface area contributed by atoms with Gasteiger partial charge < -0.3 is 10.7 Å². The molecule has 2 aromatic rings. The number of nitrogens with one attached hydrogen (secondary N) is 1. The summed E-state index contributed by atoms with van der Waals surface area (Å²) in [5.74, 6) is 0.466. The molecule has 2 rings (SSSR count). The number of imidazole rings is 1. The minimum Gasteiger partial charge on any atom is -0.369 e. The van der Waals surface area contributed by atoms with Gasteiger partial charge in [-0.3, -0.25) is 0 Å². The molecule has 0 fully saturated rings. The van der Waals surface area contributed by atoms with Gasteiger partial charge in [0.2, 0.25) is 0 Å². The van der Waals surface area contributed by atoms with Crippen molar-refractivity contribution in [1.29, 1.82) is 0 Å². The van der Waals surface area contributed by atoms with E-state index in [-0.39, 0.29) is 0 Å². The van der Waals surface area contributed by atoms with Crippen LogP contribution in [0.5, 0.6) is 0 Å². The van der Waals surface area contributed by atoms with E-state index >= 15 is 0 Å². The van der Waals surface area contributed by atoms with E-state index in [4.69, 9.17) is 5.73 Å². The maximum absolute atomic E-state index is 5.63. The van der Waals surface area contributed by atoms with Gasteiger partial charge in [0.1, 0.15) is 0 Å². The molecule has 0 aliphatic heterocycles. The average molecular weight is 215 g/mol. The van der Waals surface area contributed by atoms with Crippen LogP contribution in [0.15, 0.2) is 12.3 Å². The molecule has 0 amide bonds. The summed E-state index contributed by atoms with van der Waals surface area (Å²) < 4.78 is 0. The summed E-state index contributed by atoms with van der Waals surface area (Å²) >= 11 is 0. The number of hydrogen-bond acceptors (Lipinski definition) is 2. The van der Waals surface area contributed by atoms with Gasteiger partial charge in [0.15, 0.2) is 5.95 Å². The third-order valence-corrected chi connectivity index (χ3v) is 3.23. The van der Waals surface area contributed by atoms with Crippen molar-refractivity contribution in [3.63, 3.8) is 0 Å². The summed E-state index contributed by atoms with van der Waals surface area (Å²) in [6.45, 7) is 8.53. The molecule has 3 heteroatoms. The molecule has 0 aliphatic rings. The number of nitrogens with two attached hydrogens (primary N) is 1. The van der Waals surface area contributed by atoms with Crippen LogP contribution in [0.2, 0.25) is 0 Å². The lowest BCUT2D eigenvalue weighted by molar-refractivity contribution is 1.23. The maximum atomic E-state index is 5.63. The highest BCUT2D eigenvalue weighted by molar-refractivity contribution is 5.71. The molecule has 3 nitrogen and oxygen atoms in total. The smallest absolute Gasteiger partial charge is 0.197 e. The van der Waals surface area contributed by atoms with Crippen molar-refractivity contribution >= 4 is 5.95 Å². The Bertz CT molecular complexity index is 512. The fourth-order valence-corrected chi connectivity index (χ4v) is 2.08. The van der Waals surface area contributed by atoms with Gasteiger partial charge in [-0.05, 0) is 49.9 Å². The zero-order valence-corrected chi connectivity index (χ0v) is 10.2. The van der Waals surface area contributed by atoms with Gasteiger partial charge >= 0.3 is 0 Å². The van der Waals surface area contributed by atoms with Gasteiger partial charge in [0, 0.05) is 5.56 Å². The minimum atomic E-state index is 0.466. The van der Waals surface area contributed by atoms with Crippen molar-refractivity contribution in [2.24, 2.45) is 0 Å². The van der Waals surface area contributed by atoms with Gasteiger partial charge in [0.05, 0.1) is 11.9 Å². The molecule has 1 aromatic heterocycles. The predicted molar refractivity (Wildman–Crippen MR) is 67.4 cm³/mol. The topological polar surface area (TPSA) is 54.7 Å². The zero-order chi connectivity index (χ0) is 11.9. The number of hydrogen-bond donors (Lipinski definition) is 2. The molecule has 0 saturated heterocycles. The second kappa shape index (κ2) is 3.67. The van der Waals surface area contributed by atoms with E-state index in [0.717, 1.165) is 5.69 Å². The molecule has 0 aliphatic carbocycles. The molecule has 0 radical (unpaired) electrons. The van der Waals surface area contributed by atoms with Crippen LogP contribution in [0.3, 0.4) is 0 Å². The molecular formula is C13H17N3. The van der Waals surface area contributed by atoms with Gasteiger partial charge in [-0.2, -0.15) is 0 Å². The first-order valence-corrected chi connectivity index (χ1v) is 5.39. The third-order valence-electron chi connectivity index (χ3n) is 3.23. The van der Waals surface area contributed by atoms with Gasteiger partial charge in [0.25, 0.3) is 0 Å². The molecule has 0 unspecified atom stereocenters. The van der Waals surface area contributed by atoms with E-state index < -0.39 is 0 Å². The molecule has 84 valence electrons. The minimum absolute atomic E-state index is 0.466. The number of aryl methyl sites for hydroxylation is 2. The molecule has 0 spiro atoms. The van der Waals surface area contributed by atoms with E-state index in [2.05, 4.69) is 43.7 Å². The highest BCUT2D eigenvalue weighted by atomic mass is 15.0. The SMILES string of the molecule is Cc1cc(C)c(C)c(-c2cnc(N)[nH]2)c1C. The molecule has 16 heavy (non-hydrogen) atoms. The van der Waals surface area contributed by atoms with Crippen LogP contribution in [0.25, 0.3) is 11.3 Å². The summed E-state index contributed by atoms with van der Waals surface area (Å²) in [4.78, 5) is 7.15. The number of aromatic nitrogens is 2. The number of aromatic amines is 1. The largest absolute Gasteiger partial charge is 0.369 e. The van der Waals surface area contributed by atoms with Crippen LogP contribution in [0, 0.1) is 27.7 Å². The zero-order valence-electron chi connectivity index (χ0n) is 10.2. The lowest BCUT2D eigenvalue weighted by Crippen LogP contribution is -1.95. The first-order valence-electron chi connectivity index (χ1n) is 5.39. The lowest BCUT2D eigenvalue weighted by Gasteiger charge is -2.13. The first-order chi connectivity index (χ1) is 7.50. The van der Waals surface area contributed by atoms with Crippen LogP contribution in [0.1, 0.15) is 22.3 Å². The molecule has 3 N–H and O–H groups in total. The Balaban J connectivity index is 2.73. The number of rotatable bonds is 1. The second-order valence-corrected chi connectivity index (χ2v) is 4.32. The predicted octanol–water partition coefficient (Wildman–Crippen LogP) is 2.89. The van der Waals surface area contributed by atoms with Gasteiger partial charge in [-0.15, -0.1) is 0 Å².